The first-order valence-electron chi connectivity index (χ1n) is 6.25. The normalized spacial score (nSPS) is 17.4. The molecule has 1 fully saturated rings. The van der Waals surface area contributed by atoms with Crippen LogP contribution in [-0.4, -0.2) is 32.1 Å². The smallest absolute Gasteiger partial charge is 0.311 e. The first-order chi connectivity index (χ1) is 9.06. The molecule has 0 radical (unpaired) electrons. The number of rotatable bonds is 4. The van der Waals surface area contributed by atoms with Crippen LogP contribution in [0.3, 0.4) is 0 Å². The van der Waals surface area contributed by atoms with Crippen molar-refractivity contribution in [3.05, 3.63) is 29.3 Å². The maximum Gasteiger partial charge on any atom is 0.311 e. The van der Waals surface area contributed by atoms with Crippen molar-refractivity contribution in [3.63, 3.8) is 0 Å². The summed E-state index contributed by atoms with van der Waals surface area (Å²) in [5.41, 5.74) is 8.69. The van der Waals surface area contributed by atoms with Gasteiger partial charge in [0.25, 0.3) is 0 Å². The van der Waals surface area contributed by atoms with Crippen LogP contribution >= 0.6 is 0 Å². The molecule has 1 aromatic carbocycles. The monoisotopic (exact) mass is 265 g/mol. The molecule has 1 saturated heterocycles. The van der Waals surface area contributed by atoms with Gasteiger partial charge in [-0.3, -0.25) is 4.79 Å². The molecule has 104 valence electrons. The van der Waals surface area contributed by atoms with Gasteiger partial charge in [0.1, 0.15) is 0 Å². The lowest BCUT2D eigenvalue weighted by Crippen LogP contribution is -2.36. The highest BCUT2D eigenvalue weighted by atomic mass is 16.7. The lowest BCUT2D eigenvalue weighted by Gasteiger charge is -2.27. The second-order valence-corrected chi connectivity index (χ2v) is 4.69. The van der Waals surface area contributed by atoms with Crippen LogP contribution in [0.1, 0.15) is 17.5 Å². The molecule has 0 aliphatic carbocycles. The summed E-state index contributed by atoms with van der Waals surface area (Å²) < 4.78 is 16.0. The van der Waals surface area contributed by atoms with E-state index in [0.717, 1.165) is 11.1 Å². The molecule has 0 unspecified atom stereocenters. The summed E-state index contributed by atoms with van der Waals surface area (Å²) in [5, 5.41) is 0. The van der Waals surface area contributed by atoms with Gasteiger partial charge in [0.05, 0.1) is 26.7 Å². The van der Waals surface area contributed by atoms with Crippen molar-refractivity contribution >= 4 is 11.7 Å². The fourth-order valence-electron chi connectivity index (χ4n) is 2.24. The summed E-state index contributed by atoms with van der Waals surface area (Å²) in [7, 11) is 1.35. The molecule has 1 heterocycles. The topological polar surface area (TPSA) is 70.8 Å². The van der Waals surface area contributed by atoms with E-state index in [1.165, 1.54) is 7.11 Å². The fraction of sp³-hybridized carbons (Fsp3) is 0.500. The second-order valence-electron chi connectivity index (χ2n) is 4.69. The van der Waals surface area contributed by atoms with Crippen molar-refractivity contribution in [1.29, 1.82) is 0 Å². The lowest BCUT2D eigenvalue weighted by molar-refractivity contribution is -0.180. The number of carbonyl (C=O) groups excluding carboxylic acids is 1. The van der Waals surface area contributed by atoms with E-state index in [1.54, 1.807) is 0 Å². The minimum atomic E-state index is -0.949. The Hall–Kier alpha value is -1.59. The maximum atomic E-state index is 11.5. The molecular weight excluding hydrogens is 246 g/mol. The Morgan fingerprint density at radius 3 is 2.74 bits per heavy atom. The number of methoxy groups -OCH3 is 1. The number of aryl methyl sites for hydroxylation is 1. The predicted molar refractivity (Wildman–Crippen MR) is 70.6 cm³/mol. The minimum Gasteiger partial charge on any atom is -0.469 e. The van der Waals surface area contributed by atoms with Crippen LogP contribution in [0, 0.1) is 6.92 Å². The number of ether oxygens (including phenoxy) is 3. The van der Waals surface area contributed by atoms with E-state index < -0.39 is 5.79 Å². The van der Waals surface area contributed by atoms with Gasteiger partial charge in [-0.05, 0) is 18.1 Å². The van der Waals surface area contributed by atoms with Gasteiger partial charge in [0.2, 0.25) is 0 Å². The molecule has 0 spiro atoms. The first-order valence-corrected chi connectivity index (χ1v) is 6.25. The third-order valence-electron chi connectivity index (χ3n) is 3.33. The Labute approximate surface area is 112 Å². The van der Waals surface area contributed by atoms with Crippen LogP contribution in [0.2, 0.25) is 0 Å². The first kappa shape index (κ1) is 13.8. The number of hydrogen-bond acceptors (Lipinski definition) is 5. The van der Waals surface area contributed by atoms with Crippen LogP contribution in [-0.2, 0) is 25.4 Å². The third kappa shape index (κ3) is 3.05. The predicted octanol–water partition coefficient (Wildman–Crippen LogP) is 1.43. The highest BCUT2D eigenvalue weighted by Gasteiger charge is 2.40. The van der Waals surface area contributed by atoms with Gasteiger partial charge in [-0.1, -0.05) is 18.2 Å². The summed E-state index contributed by atoms with van der Waals surface area (Å²) in [5.74, 6) is -1.30. The number of para-hydroxylation sites is 1. The largest absolute Gasteiger partial charge is 0.469 e. The molecular formula is C14H19NO4. The Balaban J connectivity index is 2.21. The summed E-state index contributed by atoms with van der Waals surface area (Å²) in [6, 6.07) is 5.80. The van der Waals surface area contributed by atoms with Gasteiger partial charge in [0.15, 0.2) is 5.79 Å². The molecule has 0 bridgehead atoms. The third-order valence-corrected chi connectivity index (χ3v) is 3.33. The van der Waals surface area contributed by atoms with Crippen molar-refractivity contribution in [2.75, 3.05) is 26.1 Å². The zero-order chi connectivity index (χ0) is 13.9. The van der Waals surface area contributed by atoms with E-state index >= 15 is 0 Å². The molecule has 2 N–H and O–H groups in total. The van der Waals surface area contributed by atoms with Gasteiger partial charge in [-0.15, -0.1) is 0 Å². The summed E-state index contributed by atoms with van der Waals surface area (Å²) >= 11 is 0. The quantitative estimate of drug-likeness (QED) is 0.658. The second kappa shape index (κ2) is 5.59. The van der Waals surface area contributed by atoms with Crippen molar-refractivity contribution in [2.45, 2.75) is 25.6 Å². The Morgan fingerprint density at radius 1 is 1.42 bits per heavy atom. The zero-order valence-corrected chi connectivity index (χ0v) is 11.3. The Morgan fingerprint density at radius 2 is 2.11 bits per heavy atom. The molecule has 2 rings (SSSR count). The molecule has 1 aromatic rings. The van der Waals surface area contributed by atoms with Crippen molar-refractivity contribution in [2.24, 2.45) is 0 Å². The molecule has 0 atom stereocenters. The number of carbonyl (C=O) groups is 1. The SMILES string of the molecule is COC(=O)CC1(Cc2cccc(C)c2N)OCCO1. The van der Waals surface area contributed by atoms with Gasteiger partial charge >= 0.3 is 5.97 Å². The minimum absolute atomic E-state index is 0.0664. The lowest BCUT2D eigenvalue weighted by atomic mass is 9.98. The van der Waals surface area contributed by atoms with E-state index in [0.29, 0.717) is 25.3 Å². The van der Waals surface area contributed by atoms with Crippen LogP contribution in [0.5, 0.6) is 0 Å². The van der Waals surface area contributed by atoms with Gasteiger partial charge in [-0.25, -0.2) is 0 Å². The number of esters is 1. The Bertz CT molecular complexity index is 467. The summed E-state index contributed by atoms with van der Waals surface area (Å²) in [6.45, 7) is 2.90. The van der Waals surface area contributed by atoms with E-state index in [4.69, 9.17) is 19.9 Å². The average Bonchev–Trinajstić information content (AvgIpc) is 2.83. The van der Waals surface area contributed by atoms with Gasteiger partial charge < -0.3 is 19.9 Å². The molecule has 0 amide bonds. The highest BCUT2D eigenvalue weighted by Crippen LogP contribution is 2.31. The molecule has 1 aliphatic rings. The molecule has 0 saturated carbocycles. The Kier molecular flexibility index (Phi) is 4.07. The number of nitrogens with two attached hydrogens (primary N) is 1. The van der Waals surface area contributed by atoms with Crippen molar-refractivity contribution in [3.8, 4) is 0 Å². The van der Waals surface area contributed by atoms with Crippen LogP contribution in [0.25, 0.3) is 0 Å². The average molecular weight is 265 g/mol. The molecule has 19 heavy (non-hydrogen) atoms. The standard InChI is InChI=1S/C14H19NO4/c1-10-4-3-5-11(13(10)15)8-14(9-12(16)17-2)18-6-7-19-14/h3-5H,6-9,15H2,1-2H3. The molecule has 1 aliphatic heterocycles. The van der Waals surface area contributed by atoms with Crippen LogP contribution in [0.15, 0.2) is 18.2 Å². The summed E-state index contributed by atoms with van der Waals surface area (Å²) in [4.78, 5) is 11.5. The van der Waals surface area contributed by atoms with E-state index in [-0.39, 0.29) is 12.4 Å². The number of benzene rings is 1. The van der Waals surface area contributed by atoms with Crippen LogP contribution in [0.4, 0.5) is 5.69 Å². The summed E-state index contributed by atoms with van der Waals surface area (Å²) in [6.07, 6.45) is 0.506. The molecule has 5 heteroatoms. The van der Waals surface area contributed by atoms with Crippen molar-refractivity contribution in [1.82, 2.24) is 0 Å². The van der Waals surface area contributed by atoms with E-state index in [9.17, 15) is 4.79 Å². The number of hydrogen-bond donors (Lipinski definition) is 1. The highest BCUT2D eigenvalue weighted by molar-refractivity contribution is 5.70. The van der Waals surface area contributed by atoms with E-state index in [1.807, 2.05) is 25.1 Å². The molecule has 0 aromatic heterocycles. The zero-order valence-electron chi connectivity index (χ0n) is 11.3. The van der Waals surface area contributed by atoms with Crippen LogP contribution < -0.4 is 5.73 Å². The van der Waals surface area contributed by atoms with Gasteiger partial charge in [-0.2, -0.15) is 0 Å². The number of anilines is 1. The molecule has 5 nitrogen and oxygen atoms in total. The van der Waals surface area contributed by atoms with E-state index in [2.05, 4.69) is 0 Å². The van der Waals surface area contributed by atoms with Crippen molar-refractivity contribution < 1.29 is 19.0 Å². The fourth-order valence-corrected chi connectivity index (χ4v) is 2.24. The maximum absolute atomic E-state index is 11.5. The number of nitrogen functional groups attached to an aromatic ring is 1. The van der Waals surface area contributed by atoms with Gasteiger partial charge in [0, 0.05) is 12.1 Å².